The first-order valence-electron chi connectivity index (χ1n) is 12.2. The molecular weight excluding hydrogens is 478 g/mol. The fraction of sp³-hybridized carbons (Fsp3) is 0.370. The first-order chi connectivity index (χ1) is 17.4. The molecule has 1 aliphatic rings. The third-order valence-electron chi connectivity index (χ3n) is 6.32. The Morgan fingerprint density at radius 1 is 1.06 bits per heavy atom. The second-order valence-corrected chi connectivity index (χ2v) is 9.23. The van der Waals surface area contributed by atoms with Crippen LogP contribution in [0.2, 0.25) is 5.02 Å². The van der Waals surface area contributed by atoms with Gasteiger partial charge in [0.25, 0.3) is 0 Å². The van der Waals surface area contributed by atoms with Crippen LogP contribution in [-0.2, 0) is 22.6 Å². The molecule has 0 spiro atoms. The zero-order chi connectivity index (χ0) is 25.5. The van der Waals surface area contributed by atoms with Crippen LogP contribution in [0.3, 0.4) is 0 Å². The predicted octanol–water partition coefficient (Wildman–Crippen LogP) is 3.95. The number of aryl methyl sites for hydroxylation is 1. The molecule has 9 heteroatoms. The largest absolute Gasteiger partial charge is 0.492 e. The van der Waals surface area contributed by atoms with Gasteiger partial charge in [-0.3, -0.25) is 19.2 Å². The number of nitrogens with one attached hydrogen (secondary N) is 1. The topological polar surface area (TPSA) is 79.7 Å². The van der Waals surface area contributed by atoms with Gasteiger partial charge >= 0.3 is 0 Å². The molecule has 2 aromatic carbocycles. The molecule has 0 radical (unpaired) electrons. The van der Waals surface area contributed by atoms with Crippen LogP contribution in [0, 0.1) is 0 Å². The summed E-state index contributed by atoms with van der Waals surface area (Å²) in [6.07, 6.45) is 2.03. The van der Waals surface area contributed by atoms with Crippen molar-refractivity contribution >= 4 is 29.1 Å². The van der Waals surface area contributed by atoms with Gasteiger partial charge < -0.3 is 15.0 Å². The second-order valence-electron chi connectivity index (χ2n) is 8.79. The predicted molar refractivity (Wildman–Crippen MR) is 141 cm³/mol. The van der Waals surface area contributed by atoms with Crippen molar-refractivity contribution in [2.24, 2.45) is 0 Å². The summed E-state index contributed by atoms with van der Waals surface area (Å²) in [6.45, 7) is 8.86. The smallest absolute Gasteiger partial charge is 0.228 e. The minimum Gasteiger partial charge on any atom is -0.492 e. The van der Waals surface area contributed by atoms with E-state index in [0.717, 1.165) is 61.8 Å². The fourth-order valence-electron chi connectivity index (χ4n) is 4.31. The number of nitrogens with zero attached hydrogens (tertiary/aromatic N) is 4. The van der Waals surface area contributed by atoms with Crippen LogP contribution in [0.1, 0.15) is 19.4 Å². The SMILES string of the molecule is CCn1nccc1-c1cc(NC(=O)Cc2ccc(Cl)cc2)ccc1OCCN1CCN(C(C)=O)CC1. The average molecular weight is 510 g/mol. The van der Waals surface area contributed by atoms with Crippen LogP contribution in [0.5, 0.6) is 5.75 Å². The number of anilines is 1. The van der Waals surface area contributed by atoms with Crippen LogP contribution in [-0.4, -0.2) is 70.7 Å². The Bertz CT molecular complexity index is 1190. The lowest BCUT2D eigenvalue weighted by Crippen LogP contribution is -2.48. The van der Waals surface area contributed by atoms with Crippen LogP contribution >= 0.6 is 11.6 Å². The molecule has 36 heavy (non-hydrogen) atoms. The molecule has 0 aliphatic carbocycles. The van der Waals surface area contributed by atoms with E-state index in [2.05, 4.69) is 15.3 Å². The highest BCUT2D eigenvalue weighted by Crippen LogP contribution is 2.33. The van der Waals surface area contributed by atoms with Gasteiger partial charge in [0.1, 0.15) is 12.4 Å². The Balaban J connectivity index is 1.43. The van der Waals surface area contributed by atoms with E-state index >= 15 is 0 Å². The van der Waals surface area contributed by atoms with E-state index in [-0.39, 0.29) is 18.2 Å². The third-order valence-corrected chi connectivity index (χ3v) is 6.57. The molecule has 2 amide bonds. The highest BCUT2D eigenvalue weighted by Gasteiger charge is 2.19. The summed E-state index contributed by atoms with van der Waals surface area (Å²) in [5.41, 5.74) is 3.39. The molecule has 1 fully saturated rings. The van der Waals surface area contributed by atoms with Crippen molar-refractivity contribution < 1.29 is 14.3 Å². The van der Waals surface area contributed by atoms with E-state index in [0.29, 0.717) is 17.3 Å². The van der Waals surface area contributed by atoms with E-state index < -0.39 is 0 Å². The van der Waals surface area contributed by atoms with Crippen molar-refractivity contribution in [3.8, 4) is 17.0 Å². The Labute approximate surface area is 216 Å². The van der Waals surface area contributed by atoms with E-state index in [1.54, 1.807) is 25.3 Å². The molecule has 2 heterocycles. The molecule has 0 atom stereocenters. The normalized spacial score (nSPS) is 14.0. The zero-order valence-electron chi connectivity index (χ0n) is 20.7. The van der Waals surface area contributed by atoms with Gasteiger partial charge in [0, 0.05) is 68.7 Å². The quantitative estimate of drug-likeness (QED) is 0.472. The maximum Gasteiger partial charge on any atom is 0.228 e. The number of hydrogen-bond acceptors (Lipinski definition) is 5. The molecule has 8 nitrogen and oxygen atoms in total. The lowest BCUT2D eigenvalue weighted by molar-refractivity contribution is -0.130. The molecule has 1 saturated heterocycles. The third kappa shape index (κ3) is 6.65. The Kier molecular flexibility index (Phi) is 8.61. The first-order valence-corrected chi connectivity index (χ1v) is 12.6. The van der Waals surface area contributed by atoms with E-state index in [1.807, 2.05) is 52.9 Å². The summed E-state index contributed by atoms with van der Waals surface area (Å²) in [5, 5.41) is 8.04. The number of hydrogen-bond donors (Lipinski definition) is 1. The second kappa shape index (κ2) is 12.1. The number of amides is 2. The number of rotatable bonds is 9. The van der Waals surface area contributed by atoms with Gasteiger partial charge in [-0.15, -0.1) is 0 Å². The number of ether oxygens (including phenoxy) is 1. The molecule has 0 unspecified atom stereocenters. The van der Waals surface area contributed by atoms with E-state index in [4.69, 9.17) is 16.3 Å². The molecule has 0 saturated carbocycles. The number of carbonyl (C=O) groups is 2. The maximum absolute atomic E-state index is 12.7. The average Bonchev–Trinajstić information content (AvgIpc) is 3.35. The maximum atomic E-state index is 12.7. The van der Waals surface area contributed by atoms with Crippen LogP contribution < -0.4 is 10.1 Å². The minimum atomic E-state index is -0.106. The van der Waals surface area contributed by atoms with Gasteiger partial charge in [-0.1, -0.05) is 23.7 Å². The zero-order valence-corrected chi connectivity index (χ0v) is 21.5. The van der Waals surface area contributed by atoms with Gasteiger partial charge in [-0.2, -0.15) is 5.10 Å². The molecule has 190 valence electrons. The van der Waals surface area contributed by atoms with Crippen molar-refractivity contribution in [3.63, 3.8) is 0 Å². The highest BCUT2D eigenvalue weighted by atomic mass is 35.5. The number of aromatic nitrogens is 2. The van der Waals surface area contributed by atoms with E-state index in [1.165, 1.54) is 0 Å². The van der Waals surface area contributed by atoms with Crippen molar-refractivity contribution in [3.05, 3.63) is 65.3 Å². The molecular formula is C27H32ClN5O3. The summed E-state index contributed by atoms with van der Waals surface area (Å²) >= 11 is 5.94. The lowest BCUT2D eigenvalue weighted by atomic mass is 10.1. The molecule has 1 aromatic heterocycles. The Morgan fingerprint density at radius 3 is 2.50 bits per heavy atom. The Hall–Kier alpha value is -3.36. The number of carbonyl (C=O) groups excluding carboxylic acids is 2. The number of halogens is 1. The van der Waals surface area contributed by atoms with Crippen LogP contribution in [0.25, 0.3) is 11.3 Å². The summed E-state index contributed by atoms with van der Waals surface area (Å²) in [4.78, 5) is 28.4. The van der Waals surface area contributed by atoms with Gasteiger partial charge in [0.2, 0.25) is 11.8 Å². The molecule has 1 N–H and O–H groups in total. The van der Waals surface area contributed by atoms with Crippen LogP contribution in [0.4, 0.5) is 5.69 Å². The molecule has 4 rings (SSSR count). The summed E-state index contributed by atoms with van der Waals surface area (Å²) in [5.74, 6) is 0.761. The van der Waals surface area contributed by atoms with Crippen LogP contribution in [0.15, 0.2) is 54.7 Å². The van der Waals surface area contributed by atoms with Crippen molar-refractivity contribution in [1.29, 1.82) is 0 Å². The van der Waals surface area contributed by atoms with Crippen molar-refractivity contribution in [1.82, 2.24) is 19.6 Å². The lowest BCUT2D eigenvalue weighted by Gasteiger charge is -2.34. The van der Waals surface area contributed by atoms with Gasteiger partial charge in [0.05, 0.1) is 12.1 Å². The molecule has 1 aliphatic heterocycles. The summed E-state index contributed by atoms with van der Waals surface area (Å²) in [6, 6.07) is 14.9. The summed E-state index contributed by atoms with van der Waals surface area (Å²) < 4.78 is 8.12. The Morgan fingerprint density at radius 2 is 1.81 bits per heavy atom. The highest BCUT2D eigenvalue weighted by molar-refractivity contribution is 6.30. The summed E-state index contributed by atoms with van der Waals surface area (Å²) in [7, 11) is 0. The van der Waals surface area contributed by atoms with Gasteiger partial charge in [0.15, 0.2) is 0 Å². The standard InChI is InChI=1S/C27H32ClN5O3/c1-3-33-25(10-11-29-33)24-19-23(30-27(35)18-21-4-6-22(28)7-5-21)8-9-26(24)36-17-16-31-12-14-32(15-13-31)20(2)34/h4-11,19H,3,12-18H2,1-2H3,(H,30,35). The molecule has 3 aromatic rings. The molecule has 0 bridgehead atoms. The monoisotopic (exact) mass is 509 g/mol. The van der Waals surface area contributed by atoms with E-state index in [9.17, 15) is 9.59 Å². The van der Waals surface area contributed by atoms with Crippen molar-refractivity contribution in [2.45, 2.75) is 26.8 Å². The number of piperazine rings is 1. The fourth-order valence-corrected chi connectivity index (χ4v) is 4.44. The van der Waals surface area contributed by atoms with Crippen molar-refractivity contribution in [2.75, 3.05) is 44.6 Å². The minimum absolute atomic E-state index is 0.106. The van der Waals surface area contributed by atoms with Gasteiger partial charge in [-0.25, -0.2) is 0 Å². The first kappa shape index (κ1) is 25.7. The van der Waals surface area contributed by atoms with Gasteiger partial charge in [-0.05, 0) is 48.9 Å². The number of benzene rings is 2.